The monoisotopic (exact) mass is 290 g/mol. The van der Waals surface area contributed by atoms with Crippen molar-refractivity contribution in [1.29, 1.82) is 0 Å². The number of unbranched alkanes of at least 4 members (excludes halogenated alkanes) is 1. The van der Waals surface area contributed by atoms with Gasteiger partial charge in [0.25, 0.3) is 5.56 Å². The number of nitrogens with one attached hydrogen (secondary N) is 1. The highest BCUT2D eigenvalue weighted by atomic mass is 16.3. The van der Waals surface area contributed by atoms with Crippen LogP contribution < -0.4 is 11.2 Å². The minimum Gasteiger partial charge on any atom is -0.378 e. The molecular formula is C14H18N4O3. The van der Waals surface area contributed by atoms with Crippen LogP contribution in [0, 0.1) is 12.3 Å². The van der Waals surface area contributed by atoms with Gasteiger partial charge >= 0.3 is 5.69 Å². The minimum atomic E-state index is -1.15. The summed E-state index contributed by atoms with van der Waals surface area (Å²) >= 11 is 0. The molecule has 0 aliphatic rings. The van der Waals surface area contributed by atoms with Crippen LogP contribution in [0.2, 0.25) is 0 Å². The van der Waals surface area contributed by atoms with Gasteiger partial charge in [0, 0.05) is 13.6 Å². The van der Waals surface area contributed by atoms with E-state index in [1.165, 1.54) is 15.5 Å². The molecule has 0 aromatic carbocycles. The van der Waals surface area contributed by atoms with Crippen molar-refractivity contribution in [3.63, 3.8) is 0 Å². The zero-order valence-electron chi connectivity index (χ0n) is 12.1. The fourth-order valence-corrected chi connectivity index (χ4v) is 2.20. The Labute approximate surface area is 121 Å². The van der Waals surface area contributed by atoms with Gasteiger partial charge in [0.15, 0.2) is 5.65 Å². The van der Waals surface area contributed by atoms with Gasteiger partial charge in [-0.1, -0.05) is 5.92 Å². The Hall–Kier alpha value is -2.33. The highest BCUT2D eigenvalue weighted by molar-refractivity contribution is 5.68. The number of nitrogens with zero attached hydrogens (tertiary/aromatic N) is 3. The van der Waals surface area contributed by atoms with Crippen molar-refractivity contribution >= 4 is 11.2 Å². The van der Waals surface area contributed by atoms with E-state index in [1.807, 2.05) is 0 Å². The van der Waals surface area contributed by atoms with E-state index in [-0.39, 0.29) is 12.1 Å². The van der Waals surface area contributed by atoms with Crippen molar-refractivity contribution in [2.45, 2.75) is 38.3 Å². The second-order valence-electron chi connectivity index (χ2n) is 5.27. The second kappa shape index (κ2) is 5.58. The number of aryl methyl sites for hydroxylation is 1. The summed E-state index contributed by atoms with van der Waals surface area (Å²) in [7, 11) is 1.57. The summed E-state index contributed by atoms with van der Waals surface area (Å²) in [6, 6.07) is 0. The summed E-state index contributed by atoms with van der Waals surface area (Å²) in [6.45, 7) is 1.84. The van der Waals surface area contributed by atoms with Crippen molar-refractivity contribution < 1.29 is 5.11 Å². The lowest BCUT2D eigenvalue weighted by Crippen LogP contribution is -2.39. The number of aromatic amines is 1. The normalized spacial score (nSPS) is 14.0. The van der Waals surface area contributed by atoms with Gasteiger partial charge in [-0.25, -0.2) is 9.78 Å². The highest BCUT2D eigenvalue weighted by Crippen LogP contribution is 2.12. The Morgan fingerprint density at radius 3 is 2.86 bits per heavy atom. The number of aliphatic hydroxyl groups is 1. The average Bonchev–Trinajstić information content (AvgIpc) is 2.94. The lowest BCUT2D eigenvalue weighted by atomic mass is 10.0. The van der Waals surface area contributed by atoms with E-state index >= 15 is 0 Å². The maximum Gasteiger partial charge on any atom is 0.332 e. The zero-order chi connectivity index (χ0) is 15.6. The molecule has 0 aliphatic carbocycles. The van der Waals surface area contributed by atoms with Crippen LogP contribution in [0.4, 0.5) is 0 Å². The topological polar surface area (TPSA) is 92.9 Å². The fraction of sp³-hybridized carbons (Fsp3) is 0.500. The Morgan fingerprint density at radius 1 is 1.48 bits per heavy atom. The van der Waals surface area contributed by atoms with Crippen molar-refractivity contribution in [2.24, 2.45) is 7.05 Å². The van der Waals surface area contributed by atoms with Crippen LogP contribution in [0.5, 0.6) is 0 Å². The highest BCUT2D eigenvalue weighted by Gasteiger charge is 2.16. The van der Waals surface area contributed by atoms with Crippen molar-refractivity contribution in [3.05, 3.63) is 27.2 Å². The van der Waals surface area contributed by atoms with Crippen LogP contribution >= 0.6 is 0 Å². The number of aromatic nitrogens is 4. The first kappa shape index (κ1) is 15.1. The fourth-order valence-electron chi connectivity index (χ4n) is 2.20. The molecule has 2 aromatic rings. The minimum absolute atomic E-state index is 0.279. The van der Waals surface area contributed by atoms with Crippen molar-refractivity contribution in [1.82, 2.24) is 19.1 Å². The van der Waals surface area contributed by atoms with E-state index < -0.39 is 11.3 Å². The van der Waals surface area contributed by atoms with Crippen LogP contribution in [0.15, 0.2) is 15.9 Å². The molecule has 2 rings (SSSR count). The number of hydrogen-bond donors (Lipinski definition) is 2. The van der Waals surface area contributed by atoms with Crippen LogP contribution in [-0.2, 0) is 13.6 Å². The lowest BCUT2D eigenvalue weighted by Gasteiger charge is -2.15. The Balaban J connectivity index is 2.18. The summed E-state index contributed by atoms with van der Waals surface area (Å²) in [5, 5.41) is 9.70. The molecule has 21 heavy (non-hydrogen) atoms. The van der Waals surface area contributed by atoms with E-state index in [0.29, 0.717) is 30.4 Å². The molecule has 1 atom stereocenters. The molecule has 7 nitrogen and oxygen atoms in total. The third-order valence-electron chi connectivity index (χ3n) is 3.52. The van der Waals surface area contributed by atoms with Gasteiger partial charge in [-0.2, -0.15) is 0 Å². The molecule has 1 unspecified atom stereocenters. The van der Waals surface area contributed by atoms with Gasteiger partial charge in [-0.3, -0.25) is 13.9 Å². The SMILES string of the molecule is C#CC(C)(O)CCCCn1c(=O)c2[nH]cnc2n(C)c1=O. The molecule has 0 spiro atoms. The van der Waals surface area contributed by atoms with Crippen LogP contribution in [0.25, 0.3) is 11.2 Å². The van der Waals surface area contributed by atoms with Gasteiger partial charge in [0.1, 0.15) is 11.1 Å². The van der Waals surface area contributed by atoms with E-state index in [1.54, 1.807) is 14.0 Å². The first-order valence-corrected chi connectivity index (χ1v) is 6.70. The Bertz CT molecular complexity index is 804. The molecule has 0 aliphatic heterocycles. The van der Waals surface area contributed by atoms with Crippen molar-refractivity contribution in [2.75, 3.05) is 0 Å². The smallest absolute Gasteiger partial charge is 0.332 e. The third-order valence-corrected chi connectivity index (χ3v) is 3.52. The number of terminal acetylenes is 1. The molecule has 0 radical (unpaired) electrons. The van der Waals surface area contributed by atoms with Gasteiger partial charge in [0.2, 0.25) is 0 Å². The van der Waals surface area contributed by atoms with Crippen LogP contribution in [0.1, 0.15) is 26.2 Å². The number of hydrogen-bond acceptors (Lipinski definition) is 4. The summed E-state index contributed by atoms with van der Waals surface area (Å²) < 4.78 is 2.51. The van der Waals surface area contributed by atoms with E-state index in [0.717, 1.165) is 0 Å². The molecule has 0 saturated heterocycles. The summed E-state index contributed by atoms with van der Waals surface area (Å²) in [5.74, 6) is 2.30. The average molecular weight is 290 g/mol. The second-order valence-corrected chi connectivity index (χ2v) is 5.27. The predicted octanol–water partition coefficient (Wildman–Crippen LogP) is -0.0222. The predicted molar refractivity (Wildman–Crippen MR) is 78.9 cm³/mol. The standard InChI is InChI=1S/C14H18N4O3/c1-4-14(2,21)7-5-6-8-18-12(19)10-11(16-9-15-10)17(3)13(18)20/h1,9,21H,5-8H2,2-3H3,(H,15,16). The first-order chi connectivity index (χ1) is 9.87. The van der Waals surface area contributed by atoms with E-state index in [2.05, 4.69) is 15.9 Å². The summed E-state index contributed by atoms with van der Waals surface area (Å²) in [4.78, 5) is 31.1. The Kier molecular flexibility index (Phi) is 4.00. The number of rotatable bonds is 5. The molecular weight excluding hydrogens is 272 g/mol. The molecule has 2 N–H and O–H groups in total. The van der Waals surface area contributed by atoms with Gasteiger partial charge < -0.3 is 10.1 Å². The van der Waals surface area contributed by atoms with Crippen LogP contribution in [-0.4, -0.2) is 29.8 Å². The van der Waals surface area contributed by atoms with Gasteiger partial charge in [-0.05, 0) is 26.2 Å². The molecule has 0 bridgehead atoms. The first-order valence-electron chi connectivity index (χ1n) is 6.70. The van der Waals surface area contributed by atoms with Gasteiger partial charge in [0.05, 0.1) is 6.33 Å². The molecule has 112 valence electrons. The van der Waals surface area contributed by atoms with Crippen molar-refractivity contribution in [3.8, 4) is 12.3 Å². The number of H-pyrrole nitrogens is 1. The number of imidazole rings is 1. The molecule has 0 amide bonds. The summed E-state index contributed by atoms with van der Waals surface area (Å²) in [6.07, 6.45) is 8.20. The summed E-state index contributed by atoms with van der Waals surface area (Å²) in [5.41, 5.74) is -1.27. The molecule has 0 fully saturated rings. The van der Waals surface area contributed by atoms with Crippen LogP contribution in [0.3, 0.4) is 0 Å². The van der Waals surface area contributed by atoms with Gasteiger partial charge in [-0.15, -0.1) is 6.42 Å². The molecule has 7 heteroatoms. The number of fused-ring (bicyclic) bond motifs is 1. The zero-order valence-corrected chi connectivity index (χ0v) is 12.1. The quantitative estimate of drug-likeness (QED) is 0.598. The third kappa shape index (κ3) is 2.90. The maximum atomic E-state index is 12.2. The van der Waals surface area contributed by atoms with E-state index in [4.69, 9.17) is 6.42 Å². The maximum absolute atomic E-state index is 12.2. The molecule has 0 saturated carbocycles. The largest absolute Gasteiger partial charge is 0.378 e. The van der Waals surface area contributed by atoms with E-state index in [9.17, 15) is 14.7 Å². The molecule has 2 heterocycles. The Morgan fingerprint density at radius 2 is 2.19 bits per heavy atom. The lowest BCUT2D eigenvalue weighted by molar-refractivity contribution is 0.109. The molecule has 2 aromatic heterocycles.